The molecule has 0 fully saturated rings. The van der Waals surface area contributed by atoms with E-state index in [2.05, 4.69) is 27.7 Å². The van der Waals surface area contributed by atoms with Gasteiger partial charge in [0.15, 0.2) is 0 Å². The van der Waals surface area contributed by atoms with Gasteiger partial charge in [-0.05, 0) is 0 Å². The van der Waals surface area contributed by atoms with Crippen LogP contribution in [-0.2, 0) is 8.88 Å². The SMILES string of the molecule is CCCCP(CCC)(CCC)(CCC)OP(=O)(O)O. The van der Waals surface area contributed by atoms with Crippen molar-refractivity contribution < 1.29 is 18.7 Å². The molecule has 0 aromatic rings. The first-order valence-corrected chi connectivity index (χ1v) is 12.0. The summed E-state index contributed by atoms with van der Waals surface area (Å²) < 4.78 is 17.2. The number of hydrogen-bond acceptors (Lipinski definition) is 2. The molecular formula is C13H32O4P2. The standard InChI is InChI=1S/C13H32O4P2/c1-5-9-13-19(10-6-2,11-7-3,12-8-4)17-18(14,15)16/h5-13H2,1-4H3,(H2,14,15,16). The fourth-order valence-corrected chi connectivity index (χ4v) is 13.0. The molecule has 0 aromatic carbocycles. The average Bonchev–Trinajstić information content (AvgIpc) is 2.25. The van der Waals surface area contributed by atoms with Crippen LogP contribution in [0.25, 0.3) is 0 Å². The number of phosphoric acid groups is 1. The van der Waals surface area contributed by atoms with Crippen LogP contribution in [0.15, 0.2) is 0 Å². The zero-order valence-corrected chi connectivity index (χ0v) is 14.8. The van der Waals surface area contributed by atoms with Crippen LogP contribution in [0.4, 0.5) is 0 Å². The second-order valence-electron chi connectivity index (χ2n) is 5.68. The minimum atomic E-state index is -4.42. The summed E-state index contributed by atoms with van der Waals surface area (Å²) in [5.41, 5.74) is 0. The zero-order valence-electron chi connectivity index (χ0n) is 13.0. The first-order chi connectivity index (χ1) is 8.76. The van der Waals surface area contributed by atoms with Gasteiger partial charge in [-0.2, -0.15) is 0 Å². The molecule has 6 heteroatoms. The van der Waals surface area contributed by atoms with E-state index in [9.17, 15) is 14.4 Å². The normalized spacial score (nSPS) is 15.2. The van der Waals surface area contributed by atoms with Gasteiger partial charge in [0, 0.05) is 0 Å². The molecule has 0 bridgehead atoms. The Kier molecular flexibility index (Phi) is 8.33. The third kappa shape index (κ3) is 6.23. The fourth-order valence-electron chi connectivity index (χ4n) is 3.39. The maximum absolute atomic E-state index is 11.5. The van der Waals surface area contributed by atoms with Gasteiger partial charge < -0.3 is 0 Å². The van der Waals surface area contributed by atoms with E-state index >= 15 is 0 Å². The van der Waals surface area contributed by atoms with Gasteiger partial charge in [-0.3, -0.25) is 0 Å². The molecule has 0 unspecified atom stereocenters. The second-order valence-corrected chi connectivity index (χ2v) is 12.8. The predicted octanol–water partition coefficient (Wildman–Crippen LogP) is 4.59. The second kappa shape index (κ2) is 8.10. The molecule has 0 atom stereocenters. The summed E-state index contributed by atoms with van der Waals surface area (Å²) in [6, 6.07) is 0. The molecule has 4 nitrogen and oxygen atoms in total. The molecule has 0 saturated carbocycles. The van der Waals surface area contributed by atoms with Crippen molar-refractivity contribution >= 4 is 14.7 Å². The molecule has 0 rings (SSSR count). The molecular weight excluding hydrogens is 282 g/mol. The Morgan fingerprint density at radius 3 is 1.53 bits per heavy atom. The van der Waals surface area contributed by atoms with E-state index in [4.69, 9.17) is 4.31 Å². The van der Waals surface area contributed by atoms with Crippen LogP contribution in [0.5, 0.6) is 0 Å². The molecule has 0 spiro atoms. The molecule has 0 aliphatic rings. The summed E-state index contributed by atoms with van der Waals surface area (Å²) in [6.07, 6.45) is 8.24. The van der Waals surface area contributed by atoms with E-state index in [-0.39, 0.29) is 0 Å². The van der Waals surface area contributed by atoms with Crippen molar-refractivity contribution in [3.05, 3.63) is 0 Å². The van der Waals surface area contributed by atoms with Gasteiger partial charge in [-0.25, -0.2) is 0 Å². The van der Waals surface area contributed by atoms with Crippen LogP contribution in [0.1, 0.15) is 59.8 Å². The molecule has 0 aromatic heterocycles. The molecule has 118 valence electrons. The molecule has 2 N–H and O–H groups in total. The molecule has 0 heterocycles. The monoisotopic (exact) mass is 314 g/mol. The molecule has 0 radical (unpaired) electrons. The van der Waals surface area contributed by atoms with E-state index in [0.717, 1.165) is 56.8 Å². The Labute approximate surface area is 118 Å². The first kappa shape index (κ1) is 19.5. The van der Waals surface area contributed by atoms with Gasteiger partial charge in [0.1, 0.15) is 0 Å². The van der Waals surface area contributed by atoms with E-state index < -0.39 is 14.7 Å². The third-order valence-corrected chi connectivity index (χ3v) is 12.7. The molecule has 0 amide bonds. The van der Waals surface area contributed by atoms with Crippen molar-refractivity contribution in [3.63, 3.8) is 0 Å². The molecule has 0 saturated heterocycles. The molecule has 19 heavy (non-hydrogen) atoms. The van der Waals surface area contributed by atoms with Crippen LogP contribution >= 0.6 is 14.7 Å². The van der Waals surface area contributed by atoms with E-state index in [1.165, 1.54) is 0 Å². The van der Waals surface area contributed by atoms with Gasteiger partial charge in [0.05, 0.1) is 0 Å². The summed E-state index contributed by atoms with van der Waals surface area (Å²) in [7, 11) is -4.42. The van der Waals surface area contributed by atoms with Crippen molar-refractivity contribution in [2.75, 3.05) is 24.6 Å². The van der Waals surface area contributed by atoms with Crippen molar-refractivity contribution in [2.45, 2.75) is 59.8 Å². The Hall–Kier alpha value is 0.540. The first-order valence-electron chi connectivity index (χ1n) is 7.54. The summed E-state index contributed by atoms with van der Waals surface area (Å²) in [6.45, 7) is 5.62. The van der Waals surface area contributed by atoms with Gasteiger partial charge in [-0.1, -0.05) is 0 Å². The minimum absolute atomic E-state index is 0.846. The van der Waals surface area contributed by atoms with Gasteiger partial charge >= 0.3 is 118 Å². The van der Waals surface area contributed by atoms with Crippen LogP contribution in [0, 0.1) is 0 Å². The molecule has 0 aliphatic heterocycles. The predicted molar refractivity (Wildman–Crippen MR) is 85.3 cm³/mol. The van der Waals surface area contributed by atoms with E-state index in [1.807, 2.05) is 0 Å². The Morgan fingerprint density at radius 2 is 1.26 bits per heavy atom. The van der Waals surface area contributed by atoms with Gasteiger partial charge in [0.25, 0.3) is 0 Å². The topological polar surface area (TPSA) is 66.8 Å². The van der Waals surface area contributed by atoms with Gasteiger partial charge in [-0.15, -0.1) is 0 Å². The molecule has 0 aliphatic carbocycles. The average molecular weight is 314 g/mol. The van der Waals surface area contributed by atoms with Crippen molar-refractivity contribution in [3.8, 4) is 0 Å². The maximum atomic E-state index is 11.5. The van der Waals surface area contributed by atoms with E-state index in [0.29, 0.717) is 0 Å². The fraction of sp³-hybridized carbons (Fsp3) is 1.00. The van der Waals surface area contributed by atoms with E-state index in [1.54, 1.807) is 0 Å². The summed E-state index contributed by atoms with van der Waals surface area (Å²) in [5, 5.41) is 0. The van der Waals surface area contributed by atoms with Gasteiger partial charge in [0.2, 0.25) is 0 Å². The number of unbranched alkanes of at least 4 members (excludes halogenated alkanes) is 1. The Balaban J connectivity index is 5.55. The number of hydrogen-bond donors (Lipinski definition) is 2. The van der Waals surface area contributed by atoms with Crippen LogP contribution in [0.2, 0.25) is 0 Å². The Morgan fingerprint density at radius 1 is 0.842 bits per heavy atom. The summed E-state index contributed by atoms with van der Waals surface area (Å²) in [4.78, 5) is 18.8. The van der Waals surface area contributed by atoms with Crippen LogP contribution < -0.4 is 0 Å². The summed E-state index contributed by atoms with van der Waals surface area (Å²) >= 11 is 0. The quantitative estimate of drug-likeness (QED) is 0.547. The van der Waals surface area contributed by atoms with Crippen molar-refractivity contribution in [1.82, 2.24) is 0 Å². The van der Waals surface area contributed by atoms with Crippen molar-refractivity contribution in [1.29, 1.82) is 0 Å². The summed E-state index contributed by atoms with van der Waals surface area (Å²) in [5.74, 6) is 0. The zero-order chi connectivity index (χ0) is 15.0. The van der Waals surface area contributed by atoms with Crippen LogP contribution in [0.3, 0.4) is 0 Å². The third-order valence-electron chi connectivity index (χ3n) is 3.78. The Bertz CT molecular complexity index is 281. The number of rotatable bonds is 11. The van der Waals surface area contributed by atoms with Crippen LogP contribution in [-0.4, -0.2) is 34.4 Å². The van der Waals surface area contributed by atoms with Crippen molar-refractivity contribution in [2.24, 2.45) is 0 Å².